The molecule has 2 aromatic carbocycles. The zero-order chi connectivity index (χ0) is 18.7. The largest absolute Gasteiger partial charge is 0.394 e. The quantitative estimate of drug-likeness (QED) is 0.663. The Kier molecular flexibility index (Phi) is 5.23. The number of hydrogen-bond acceptors (Lipinski definition) is 4. The van der Waals surface area contributed by atoms with Gasteiger partial charge in [-0.25, -0.2) is 9.29 Å². The third-order valence-corrected chi connectivity index (χ3v) is 4.44. The number of carbonyl (C=O) groups is 2. The molecule has 0 bridgehead atoms. The summed E-state index contributed by atoms with van der Waals surface area (Å²) in [4.78, 5) is 31.0. The van der Waals surface area contributed by atoms with E-state index in [1.54, 1.807) is 30.3 Å². The van der Waals surface area contributed by atoms with Crippen molar-refractivity contribution in [2.24, 2.45) is 4.99 Å². The van der Waals surface area contributed by atoms with Crippen molar-refractivity contribution in [3.63, 3.8) is 0 Å². The molecule has 5 nitrogen and oxygen atoms in total. The van der Waals surface area contributed by atoms with Gasteiger partial charge in [-0.15, -0.1) is 0 Å². The van der Waals surface area contributed by atoms with Crippen LogP contribution in [-0.2, 0) is 4.79 Å². The molecule has 1 aliphatic heterocycles. The van der Waals surface area contributed by atoms with Crippen LogP contribution in [0.15, 0.2) is 53.5 Å². The van der Waals surface area contributed by atoms with Gasteiger partial charge in [0.1, 0.15) is 5.82 Å². The summed E-state index contributed by atoms with van der Waals surface area (Å²) in [6.07, 6.45) is 2.07. The van der Waals surface area contributed by atoms with Crippen molar-refractivity contribution >= 4 is 23.7 Å². The molecular weight excluding hydrogens is 335 g/mol. The smallest absolute Gasteiger partial charge is 0.265 e. The van der Waals surface area contributed by atoms with E-state index in [1.807, 2.05) is 6.92 Å². The first-order chi connectivity index (χ1) is 12.6. The standard InChI is InChI=1S/C20H19FN2O3/c1-2-13(12-24)22-11-16-14-7-3-4-8-15(14)19(25)23(20(16)26)18-10-6-5-9-17(18)21/h3-11,13,16,24H,2,12H2,1H3/t13-,16?/m0/s1. The molecule has 3 rings (SSSR count). The van der Waals surface area contributed by atoms with E-state index < -0.39 is 23.5 Å². The predicted octanol–water partition coefficient (Wildman–Crippen LogP) is 2.94. The van der Waals surface area contributed by atoms with Gasteiger partial charge >= 0.3 is 0 Å². The van der Waals surface area contributed by atoms with Gasteiger partial charge in [0.2, 0.25) is 5.91 Å². The number of fused-ring (bicyclic) bond motifs is 1. The second-order valence-corrected chi connectivity index (χ2v) is 6.04. The molecule has 134 valence electrons. The van der Waals surface area contributed by atoms with Gasteiger partial charge in [0.05, 0.1) is 24.3 Å². The number of imide groups is 1. The molecule has 26 heavy (non-hydrogen) atoms. The molecule has 2 amide bonds. The summed E-state index contributed by atoms with van der Waals surface area (Å²) < 4.78 is 14.2. The molecule has 0 radical (unpaired) electrons. The highest BCUT2D eigenvalue weighted by molar-refractivity contribution is 6.29. The second-order valence-electron chi connectivity index (χ2n) is 6.04. The molecule has 0 spiro atoms. The number of halogens is 1. The van der Waals surface area contributed by atoms with Gasteiger partial charge < -0.3 is 5.11 Å². The van der Waals surface area contributed by atoms with Gasteiger partial charge in [-0.2, -0.15) is 0 Å². The summed E-state index contributed by atoms with van der Waals surface area (Å²) >= 11 is 0. The Bertz CT molecular complexity index is 862. The number of benzene rings is 2. The maximum Gasteiger partial charge on any atom is 0.265 e. The summed E-state index contributed by atoms with van der Waals surface area (Å²) in [5.74, 6) is -2.58. The maximum atomic E-state index is 14.2. The van der Waals surface area contributed by atoms with Crippen molar-refractivity contribution in [2.75, 3.05) is 11.5 Å². The van der Waals surface area contributed by atoms with E-state index >= 15 is 0 Å². The normalized spacial score (nSPS) is 18.3. The highest BCUT2D eigenvalue weighted by Crippen LogP contribution is 2.33. The molecule has 6 heteroatoms. The number of anilines is 1. The van der Waals surface area contributed by atoms with Crippen molar-refractivity contribution in [1.82, 2.24) is 0 Å². The van der Waals surface area contributed by atoms with Gasteiger partial charge in [-0.05, 0) is 30.2 Å². The lowest BCUT2D eigenvalue weighted by Gasteiger charge is -2.31. The van der Waals surface area contributed by atoms with Crippen LogP contribution in [0, 0.1) is 5.82 Å². The Balaban J connectivity index is 2.10. The van der Waals surface area contributed by atoms with Crippen LogP contribution in [0.2, 0.25) is 0 Å². The summed E-state index contributed by atoms with van der Waals surface area (Å²) in [6.45, 7) is 1.75. The lowest BCUT2D eigenvalue weighted by Crippen LogP contribution is -2.46. The Morgan fingerprint density at radius 1 is 1.19 bits per heavy atom. The Morgan fingerprint density at radius 3 is 2.58 bits per heavy atom. The number of aliphatic hydroxyl groups is 1. The number of aliphatic imine (C=N–C) groups is 1. The number of rotatable bonds is 5. The Morgan fingerprint density at radius 2 is 1.88 bits per heavy atom. The lowest BCUT2D eigenvalue weighted by atomic mass is 9.88. The summed E-state index contributed by atoms with van der Waals surface area (Å²) in [5, 5.41) is 9.31. The van der Waals surface area contributed by atoms with Gasteiger partial charge in [-0.1, -0.05) is 37.3 Å². The van der Waals surface area contributed by atoms with Crippen molar-refractivity contribution in [3.05, 3.63) is 65.5 Å². The first-order valence-corrected chi connectivity index (χ1v) is 8.44. The SMILES string of the molecule is CC[C@@H](CO)N=CC1C(=O)N(c2ccccc2F)C(=O)c2ccccc21. The fourth-order valence-electron chi connectivity index (χ4n) is 2.95. The number of carbonyl (C=O) groups excluding carboxylic acids is 2. The van der Waals surface area contributed by atoms with E-state index in [4.69, 9.17) is 0 Å². The second kappa shape index (κ2) is 7.58. The van der Waals surface area contributed by atoms with Gasteiger partial charge in [0.25, 0.3) is 5.91 Å². The Hall–Kier alpha value is -2.86. The average molecular weight is 354 g/mol. The van der Waals surface area contributed by atoms with Crippen LogP contribution >= 0.6 is 0 Å². The van der Waals surface area contributed by atoms with Gasteiger partial charge in [-0.3, -0.25) is 14.6 Å². The first kappa shape index (κ1) is 17.9. The molecule has 2 aromatic rings. The van der Waals surface area contributed by atoms with Crippen LogP contribution in [-0.4, -0.2) is 35.8 Å². The van der Waals surface area contributed by atoms with E-state index in [9.17, 15) is 19.1 Å². The van der Waals surface area contributed by atoms with Gasteiger partial charge in [0, 0.05) is 11.8 Å². The number of hydrogen-bond donors (Lipinski definition) is 1. The van der Waals surface area contributed by atoms with E-state index in [2.05, 4.69) is 4.99 Å². The Labute approximate surface area is 150 Å². The minimum Gasteiger partial charge on any atom is -0.394 e. The maximum absolute atomic E-state index is 14.2. The molecule has 0 saturated carbocycles. The molecule has 0 aromatic heterocycles. The highest BCUT2D eigenvalue weighted by atomic mass is 19.1. The monoisotopic (exact) mass is 354 g/mol. The summed E-state index contributed by atoms with van der Waals surface area (Å²) in [6, 6.07) is 12.1. The predicted molar refractivity (Wildman–Crippen MR) is 97.1 cm³/mol. The lowest BCUT2D eigenvalue weighted by molar-refractivity contribution is -0.118. The zero-order valence-electron chi connectivity index (χ0n) is 14.3. The number of amides is 2. The van der Waals surface area contributed by atoms with Crippen molar-refractivity contribution in [2.45, 2.75) is 25.3 Å². The van der Waals surface area contributed by atoms with Gasteiger partial charge in [0.15, 0.2) is 0 Å². The van der Waals surface area contributed by atoms with E-state index in [0.717, 1.165) is 4.90 Å². The minimum atomic E-state index is -0.816. The van der Waals surface area contributed by atoms with Crippen LogP contribution < -0.4 is 4.90 Å². The average Bonchev–Trinajstić information content (AvgIpc) is 2.66. The minimum absolute atomic E-state index is 0.0791. The van der Waals surface area contributed by atoms with Crippen LogP contribution in [0.25, 0.3) is 0 Å². The number of aliphatic hydroxyl groups excluding tert-OH is 1. The van der Waals surface area contributed by atoms with Crippen LogP contribution in [0.3, 0.4) is 0 Å². The van der Waals surface area contributed by atoms with Crippen LogP contribution in [0.1, 0.15) is 35.2 Å². The topological polar surface area (TPSA) is 70.0 Å². The fourth-order valence-corrected chi connectivity index (χ4v) is 2.95. The summed E-state index contributed by atoms with van der Waals surface area (Å²) in [7, 11) is 0. The summed E-state index contributed by atoms with van der Waals surface area (Å²) in [5.41, 5.74) is 0.792. The molecule has 1 aliphatic rings. The van der Waals surface area contributed by atoms with Crippen molar-refractivity contribution in [3.8, 4) is 0 Å². The molecule has 1 unspecified atom stereocenters. The first-order valence-electron chi connectivity index (χ1n) is 8.44. The van der Waals surface area contributed by atoms with Crippen molar-refractivity contribution in [1.29, 1.82) is 0 Å². The molecule has 0 saturated heterocycles. The molecule has 2 atom stereocenters. The third kappa shape index (κ3) is 3.15. The van der Waals surface area contributed by atoms with Crippen LogP contribution in [0.4, 0.5) is 10.1 Å². The van der Waals surface area contributed by atoms with E-state index in [1.165, 1.54) is 24.4 Å². The molecule has 1 heterocycles. The molecular formula is C20H19FN2O3. The van der Waals surface area contributed by atoms with E-state index in [-0.39, 0.29) is 18.3 Å². The van der Waals surface area contributed by atoms with Crippen LogP contribution in [0.5, 0.6) is 0 Å². The molecule has 0 fully saturated rings. The molecule has 1 N–H and O–H groups in total. The zero-order valence-corrected chi connectivity index (χ0v) is 14.3. The fraction of sp³-hybridized carbons (Fsp3) is 0.250. The number of para-hydroxylation sites is 1. The number of nitrogens with zero attached hydrogens (tertiary/aromatic N) is 2. The van der Waals surface area contributed by atoms with E-state index in [0.29, 0.717) is 17.5 Å². The highest BCUT2D eigenvalue weighted by Gasteiger charge is 2.39. The third-order valence-electron chi connectivity index (χ3n) is 4.44. The van der Waals surface area contributed by atoms with Crippen molar-refractivity contribution < 1.29 is 19.1 Å². The molecule has 0 aliphatic carbocycles.